The SMILES string of the molecule is COc1ccc(CNC(=O)c2c(O)cc(C)cc2O)cc1. The van der Waals surface area contributed by atoms with Gasteiger partial charge in [-0.05, 0) is 42.3 Å². The van der Waals surface area contributed by atoms with E-state index in [1.54, 1.807) is 26.2 Å². The summed E-state index contributed by atoms with van der Waals surface area (Å²) in [7, 11) is 1.58. The predicted molar refractivity (Wildman–Crippen MR) is 78.7 cm³/mol. The van der Waals surface area contributed by atoms with Gasteiger partial charge in [-0.15, -0.1) is 0 Å². The zero-order valence-corrected chi connectivity index (χ0v) is 11.9. The lowest BCUT2D eigenvalue weighted by Crippen LogP contribution is -2.23. The molecule has 0 bridgehead atoms. The van der Waals surface area contributed by atoms with Crippen molar-refractivity contribution in [1.82, 2.24) is 5.32 Å². The number of nitrogens with one attached hydrogen (secondary N) is 1. The number of rotatable bonds is 4. The van der Waals surface area contributed by atoms with Crippen molar-refractivity contribution in [2.24, 2.45) is 0 Å². The van der Waals surface area contributed by atoms with Crippen LogP contribution in [0.15, 0.2) is 36.4 Å². The summed E-state index contributed by atoms with van der Waals surface area (Å²) in [6.45, 7) is 2.01. The summed E-state index contributed by atoms with van der Waals surface area (Å²) >= 11 is 0. The Morgan fingerprint density at radius 1 is 1.14 bits per heavy atom. The molecule has 1 amide bonds. The fourth-order valence-electron chi connectivity index (χ4n) is 2.00. The van der Waals surface area contributed by atoms with Crippen LogP contribution in [-0.4, -0.2) is 23.2 Å². The van der Waals surface area contributed by atoms with Gasteiger partial charge in [-0.3, -0.25) is 4.79 Å². The number of aryl methyl sites for hydroxylation is 1. The molecule has 0 aliphatic carbocycles. The number of hydrogen-bond acceptors (Lipinski definition) is 4. The molecule has 0 aromatic heterocycles. The minimum atomic E-state index is -0.527. The van der Waals surface area contributed by atoms with Gasteiger partial charge in [-0.25, -0.2) is 0 Å². The molecule has 2 aromatic rings. The van der Waals surface area contributed by atoms with Crippen LogP contribution in [0.2, 0.25) is 0 Å². The first-order chi connectivity index (χ1) is 10.0. The monoisotopic (exact) mass is 287 g/mol. The van der Waals surface area contributed by atoms with Crippen molar-refractivity contribution in [2.45, 2.75) is 13.5 Å². The van der Waals surface area contributed by atoms with Crippen molar-refractivity contribution in [1.29, 1.82) is 0 Å². The van der Waals surface area contributed by atoms with Crippen LogP contribution in [0.5, 0.6) is 17.2 Å². The van der Waals surface area contributed by atoms with E-state index in [0.29, 0.717) is 5.56 Å². The molecule has 3 N–H and O–H groups in total. The minimum absolute atomic E-state index is 0.117. The van der Waals surface area contributed by atoms with Gasteiger partial charge < -0.3 is 20.3 Å². The Morgan fingerprint density at radius 3 is 2.24 bits per heavy atom. The van der Waals surface area contributed by atoms with Gasteiger partial charge in [0.1, 0.15) is 22.8 Å². The molecule has 0 fully saturated rings. The molecular weight excluding hydrogens is 270 g/mol. The number of carbonyl (C=O) groups excluding carboxylic acids is 1. The number of benzene rings is 2. The third kappa shape index (κ3) is 3.45. The molecule has 5 nitrogen and oxygen atoms in total. The number of ether oxygens (including phenoxy) is 1. The second kappa shape index (κ2) is 6.17. The van der Waals surface area contributed by atoms with E-state index < -0.39 is 5.91 Å². The van der Waals surface area contributed by atoms with Crippen LogP contribution in [0.25, 0.3) is 0 Å². The highest BCUT2D eigenvalue weighted by molar-refractivity contribution is 5.99. The molecular formula is C16H17NO4. The number of amides is 1. The van der Waals surface area contributed by atoms with Crippen LogP contribution in [0.1, 0.15) is 21.5 Å². The molecule has 5 heteroatoms. The third-order valence-electron chi connectivity index (χ3n) is 3.08. The highest BCUT2D eigenvalue weighted by Crippen LogP contribution is 2.28. The molecule has 0 aliphatic rings. The highest BCUT2D eigenvalue weighted by Gasteiger charge is 2.16. The molecule has 2 rings (SSSR count). The van der Waals surface area contributed by atoms with E-state index in [4.69, 9.17) is 4.74 Å². The van der Waals surface area contributed by atoms with E-state index in [1.165, 1.54) is 12.1 Å². The lowest BCUT2D eigenvalue weighted by molar-refractivity contribution is 0.0945. The normalized spacial score (nSPS) is 10.2. The fraction of sp³-hybridized carbons (Fsp3) is 0.188. The summed E-state index contributed by atoms with van der Waals surface area (Å²) in [6, 6.07) is 10.1. The van der Waals surface area contributed by atoms with Crippen LogP contribution in [0, 0.1) is 6.92 Å². The molecule has 2 aromatic carbocycles. The molecule has 0 aliphatic heterocycles. The number of phenols is 2. The van der Waals surface area contributed by atoms with E-state index in [1.807, 2.05) is 12.1 Å². The fourth-order valence-corrected chi connectivity index (χ4v) is 2.00. The van der Waals surface area contributed by atoms with Gasteiger partial charge in [-0.1, -0.05) is 12.1 Å². The molecule has 21 heavy (non-hydrogen) atoms. The first-order valence-electron chi connectivity index (χ1n) is 6.45. The van der Waals surface area contributed by atoms with Gasteiger partial charge in [0.2, 0.25) is 0 Å². The Labute approximate surface area is 122 Å². The maximum absolute atomic E-state index is 12.0. The van der Waals surface area contributed by atoms with Crippen LogP contribution in [0.3, 0.4) is 0 Å². The first-order valence-corrected chi connectivity index (χ1v) is 6.45. The largest absolute Gasteiger partial charge is 0.507 e. The van der Waals surface area contributed by atoms with Crippen LogP contribution in [-0.2, 0) is 6.54 Å². The molecule has 0 spiro atoms. The van der Waals surface area contributed by atoms with E-state index >= 15 is 0 Å². The summed E-state index contributed by atoms with van der Waals surface area (Å²) < 4.78 is 5.05. The standard InChI is InChI=1S/C16H17NO4/c1-10-7-13(18)15(14(19)8-10)16(20)17-9-11-3-5-12(21-2)6-4-11/h3-8,18-19H,9H2,1-2H3,(H,17,20). The van der Waals surface area contributed by atoms with Crippen molar-refractivity contribution in [3.05, 3.63) is 53.1 Å². The topological polar surface area (TPSA) is 78.8 Å². The average Bonchev–Trinajstić information content (AvgIpc) is 2.44. The summed E-state index contributed by atoms with van der Waals surface area (Å²) in [5.74, 6) is -0.265. The van der Waals surface area contributed by atoms with Gasteiger partial charge >= 0.3 is 0 Å². The molecule has 0 saturated carbocycles. The summed E-state index contributed by atoms with van der Waals surface area (Å²) in [4.78, 5) is 12.0. The molecule has 0 saturated heterocycles. The van der Waals surface area contributed by atoms with Gasteiger partial charge in [0.05, 0.1) is 7.11 Å². The van der Waals surface area contributed by atoms with Crippen molar-refractivity contribution in [2.75, 3.05) is 7.11 Å². The number of hydrogen-bond donors (Lipinski definition) is 3. The summed E-state index contributed by atoms with van der Waals surface area (Å²) in [6.07, 6.45) is 0. The second-order valence-electron chi connectivity index (χ2n) is 4.71. The smallest absolute Gasteiger partial charge is 0.259 e. The highest BCUT2D eigenvalue weighted by atomic mass is 16.5. The third-order valence-corrected chi connectivity index (χ3v) is 3.08. The second-order valence-corrected chi connectivity index (χ2v) is 4.71. The van der Waals surface area contributed by atoms with Gasteiger partial charge in [0.15, 0.2) is 0 Å². The van der Waals surface area contributed by atoms with Crippen LogP contribution >= 0.6 is 0 Å². The Hall–Kier alpha value is -2.69. The van der Waals surface area contributed by atoms with Crippen molar-refractivity contribution < 1.29 is 19.7 Å². The minimum Gasteiger partial charge on any atom is -0.507 e. The zero-order valence-electron chi connectivity index (χ0n) is 11.9. The Bertz CT molecular complexity index is 627. The van der Waals surface area contributed by atoms with E-state index in [2.05, 4.69) is 5.32 Å². The summed E-state index contributed by atoms with van der Waals surface area (Å²) in [5, 5.41) is 22.2. The van der Waals surface area contributed by atoms with Crippen LogP contribution in [0.4, 0.5) is 0 Å². The molecule has 0 heterocycles. The molecule has 0 unspecified atom stereocenters. The Balaban J connectivity index is 2.08. The molecule has 110 valence electrons. The van der Waals surface area contributed by atoms with Crippen molar-refractivity contribution in [3.8, 4) is 17.2 Å². The quantitative estimate of drug-likeness (QED) is 0.806. The Morgan fingerprint density at radius 2 is 1.71 bits per heavy atom. The predicted octanol–water partition coefficient (Wildman–Crippen LogP) is 2.34. The van der Waals surface area contributed by atoms with Crippen molar-refractivity contribution >= 4 is 5.91 Å². The molecule has 0 atom stereocenters. The lowest BCUT2D eigenvalue weighted by atomic mass is 10.1. The molecule has 0 radical (unpaired) electrons. The summed E-state index contributed by atoms with van der Waals surface area (Å²) in [5.41, 5.74) is 1.45. The lowest BCUT2D eigenvalue weighted by Gasteiger charge is -2.10. The van der Waals surface area contributed by atoms with E-state index in [0.717, 1.165) is 11.3 Å². The van der Waals surface area contributed by atoms with Crippen LogP contribution < -0.4 is 10.1 Å². The maximum atomic E-state index is 12.0. The first kappa shape index (κ1) is 14.7. The number of methoxy groups -OCH3 is 1. The van der Waals surface area contributed by atoms with E-state index in [9.17, 15) is 15.0 Å². The zero-order chi connectivity index (χ0) is 15.4. The van der Waals surface area contributed by atoms with E-state index in [-0.39, 0.29) is 23.6 Å². The maximum Gasteiger partial charge on any atom is 0.259 e. The number of phenolic OH excluding ortho intramolecular Hbond substituents is 2. The van der Waals surface area contributed by atoms with Gasteiger partial charge in [0.25, 0.3) is 5.91 Å². The number of aromatic hydroxyl groups is 2. The van der Waals surface area contributed by atoms with Crippen molar-refractivity contribution in [3.63, 3.8) is 0 Å². The van der Waals surface area contributed by atoms with Gasteiger partial charge in [-0.2, -0.15) is 0 Å². The Kier molecular flexibility index (Phi) is 4.33. The number of carbonyl (C=O) groups is 1. The van der Waals surface area contributed by atoms with Gasteiger partial charge in [0, 0.05) is 6.54 Å². The average molecular weight is 287 g/mol.